The van der Waals surface area contributed by atoms with Gasteiger partial charge in [0.15, 0.2) is 0 Å². The number of para-hydroxylation sites is 2. The molecule has 1 aromatic heterocycles. The normalized spacial score (nSPS) is 11.1. The zero-order valence-electron chi connectivity index (χ0n) is 15.5. The zero-order chi connectivity index (χ0) is 22.1. The maximum absolute atomic E-state index is 13.1. The predicted octanol–water partition coefficient (Wildman–Crippen LogP) is 1.27. The van der Waals surface area contributed by atoms with Crippen LogP contribution in [0.4, 0.5) is 17.2 Å². The summed E-state index contributed by atoms with van der Waals surface area (Å²) in [4.78, 5) is 21.4. The van der Waals surface area contributed by atoms with E-state index in [-0.39, 0.29) is 28.5 Å². The van der Waals surface area contributed by atoms with E-state index in [2.05, 4.69) is 9.82 Å². The van der Waals surface area contributed by atoms with Gasteiger partial charge in [-0.1, -0.05) is 12.1 Å². The number of nitro groups is 1. The summed E-state index contributed by atoms with van der Waals surface area (Å²) in [7, 11) is -3.01. The molecule has 0 bridgehead atoms. The lowest BCUT2D eigenvalue weighted by molar-refractivity contribution is -0.385. The van der Waals surface area contributed by atoms with Crippen molar-refractivity contribution in [3.63, 3.8) is 0 Å². The Kier molecular flexibility index (Phi) is 5.29. The molecule has 5 N–H and O–H groups in total. The summed E-state index contributed by atoms with van der Waals surface area (Å²) in [5.41, 5.74) is 10.5. The SMILES string of the molecule is COc1ccccc1NS(=O)(=O)c1cc([N+](=O)[O-])ccc1-n1ncc(C(N)=O)c1N. The topological polar surface area (TPSA) is 185 Å². The van der Waals surface area contributed by atoms with Crippen molar-refractivity contribution in [1.82, 2.24) is 9.78 Å². The van der Waals surface area contributed by atoms with Crippen LogP contribution in [0, 0.1) is 10.1 Å². The number of hydrogen-bond donors (Lipinski definition) is 3. The summed E-state index contributed by atoms with van der Waals surface area (Å²) in [6.07, 6.45) is 1.07. The Hall–Kier alpha value is -4.13. The zero-order valence-corrected chi connectivity index (χ0v) is 16.3. The number of rotatable bonds is 7. The highest BCUT2D eigenvalue weighted by Crippen LogP contribution is 2.31. The maximum atomic E-state index is 13.1. The van der Waals surface area contributed by atoms with E-state index in [9.17, 15) is 23.3 Å². The van der Waals surface area contributed by atoms with Crippen LogP contribution in [0.15, 0.2) is 53.6 Å². The van der Waals surface area contributed by atoms with Crippen LogP contribution in [0.1, 0.15) is 10.4 Å². The number of aromatic nitrogens is 2. The monoisotopic (exact) mass is 432 g/mol. The summed E-state index contributed by atoms with van der Waals surface area (Å²) in [6, 6.07) is 9.33. The van der Waals surface area contributed by atoms with Crippen molar-refractivity contribution in [2.75, 3.05) is 17.6 Å². The Labute approximate surface area is 170 Å². The first-order chi connectivity index (χ1) is 14.2. The molecular weight excluding hydrogens is 416 g/mol. The Morgan fingerprint density at radius 2 is 1.97 bits per heavy atom. The van der Waals surface area contributed by atoms with Crippen molar-refractivity contribution < 1.29 is 22.9 Å². The molecule has 1 heterocycles. The third kappa shape index (κ3) is 3.73. The highest BCUT2D eigenvalue weighted by molar-refractivity contribution is 7.92. The largest absolute Gasteiger partial charge is 0.495 e. The van der Waals surface area contributed by atoms with Gasteiger partial charge >= 0.3 is 0 Å². The predicted molar refractivity (Wildman–Crippen MR) is 107 cm³/mol. The number of anilines is 2. The van der Waals surface area contributed by atoms with E-state index in [0.717, 1.165) is 29.1 Å². The third-order valence-corrected chi connectivity index (χ3v) is 5.49. The molecule has 0 unspecified atom stereocenters. The molecule has 156 valence electrons. The average Bonchev–Trinajstić information content (AvgIpc) is 3.09. The molecule has 0 saturated carbocycles. The molecule has 0 fully saturated rings. The van der Waals surface area contributed by atoms with Crippen LogP contribution in [-0.2, 0) is 10.0 Å². The van der Waals surface area contributed by atoms with Gasteiger partial charge in [-0.05, 0) is 18.2 Å². The van der Waals surface area contributed by atoms with Gasteiger partial charge in [0, 0.05) is 12.1 Å². The van der Waals surface area contributed by atoms with Gasteiger partial charge in [-0.15, -0.1) is 0 Å². The molecule has 1 amide bonds. The quantitative estimate of drug-likeness (QED) is 0.368. The molecule has 0 atom stereocenters. The minimum atomic E-state index is -4.38. The minimum Gasteiger partial charge on any atom is -0.495 e. The molecule has 13 heteroatoms. The number of non-ortho nitro benzene ring substituents is 1. The Bertz CT molecular complexity index is 1250. The van der Waals surface area contributed by atoms with E-state index >= 15 is 0 Å². The van der Waals surface area contributed by atoms with Crippen molar-refractivity contribution in [2.45, 2.75) is 4.90 Å². The van der Waals surface area contributed by atoms with E-state index in [1.807, 2.05) is 0 Å². The van der Waals surface area contributed by atoms with Crippen molar-refractivity contribution in [1.29, 1.82) is 0 Å². The van der Waals surface area contributed by atoms with E-state index in [0.29, 0.717) is 0 Å². The van der Waals surface area contributed by atoms with Crippen molar-refractivity contribution in [2.24, 2.45) is 5.73 Å². The van der Waals surface area contributed by atoms with Crippen LogP contribution in [0.2, 0.25) is 0 Å². The Morgan fingerprint density at radius 3 is 2.57 bits per heavy atom. The summed E-state index contributed by atoms with van der Waals surface area (Å²) < 4.78 is 34.7. The summed E-state index contributed by atoms with van der Waals surface area (Å²) in [5.74, 6) is -0.843. The number of amides is 1. The van der Waals surface area contributed by atoms with Crippen molar-refractivity contribution in [3.05, 3.63) is 64.3 Å². The fourth-order valence-electron chi connectivity index (χ4n) is 2.68. The number of ether oxygens (including phenoxy) is 1. The molecule has 3 aromatic rings. The number of nitrogens with one attached hydrogen (secondary N) is 1. The second-order valence-corrected chi connectivity index (χ2v) is 7.59. The van der Waals surface area contributed by atoms with E-state index in [1.165, 1.54) is 19.2 Å². The van der Waals surface area contributed by atoms with E-state index < -0.39 is 31.4 Å². The number of nitrogens with zero attached hydrogens (tertiary/aromatic N) is 3. The van der Waals surface area contributed by atoms with Gasteiger partial charge in [0.05, 0.1) is 29.6 Å². The van der Waals surface area contributed by atoms with Gasteiger partial charge < -0.3 is 16.2 Å². The lowest BCUT2D eigenvalue weighted by Crippen LogP contribution is -2.18. The van der Waals surface area contributed by atoms with Gasteiger partial charge in [0.1, 0.15) is 22.0 Å². The van der Waals surface area contributed by atoms with Crippen LogP contribution in [0.3, 0.4) is 0 Å². The number of nitrogen functional groups attached to an aromatic ring is 1. The van der Waals surface area contributed by atoms with Crippen molar-refractivity contribution >= 4 is 33.1 Å². The first kappa shape index (κ1) is 20.6. The van der Waals surface area contributed by atoms with E-state index in [4.69, 9.17) is 16.2 Å². The van der Waals surface area contributed by atoms with Crippen LogP contribution in [0.5, 0.6) is 5.75 Å². The second kappa shape index (κ2) is 7.71. The standard InChI is InChI=1S/C17H16N6O6S/c1-29-14-5-3-2-4-12(14)21-30(27,28)15-8-10(23(25)26)6-7-13(15)22-16(18)11(9-20-22)17(19)24/h2-9,21H,18H2,1H3,(H2,19,24). The number of benzene rings is 2. The minimum absolute atomic E-state index is 0.115. The van der Waals surface area contributed by atoms with Gasteiger partial charge in [0.2, 0.25) is 0 Å². The van der Waals surface area contributed by atoms with Gasteiger partial charge in [0.25, 0.3) is 21.6 Å². The van der Waals surface area contributed by atoms with Gasteiger partial charge in [-0.3, -0.25) is 19.6 Å². The summed E-state index contributed by atoms with van der Waals surface area (Å²) in [5, 5.41) is 15.1. The Balaban J connectivity index is 2.20. The lowest BCUT2D eigenvalue weighted by Gasteiger charge is -2.15. The van der Waals surface area contributed by atoms with Gasteiger partial charge in [-0.2, -0.15) is 5.10 Å². The highest BCUT2D eigenvalue weighted by atomic mass is 32.2. The average molecular weight is 432 g/mol. The fourth-order valence-corrected chi connectivity index (χ4v) is 3.95. The number of carbonyl (C=O) groups is 1. The highest BCUT2D eigenvalue weighted by Gasteiger charge is 2.26. The molecule has 0 aliphatic heterocycles. The van der Waals surface area contributed by atoms with Crippen LogP contribution >= 0.6 is 0 Å². The molecule has 12 nitrogen and oxygen atoms in total. The number of sulfonamides is 1. The second-order valence-electron chi connectivity index (χ2n) is 5.93. The Morgan fingerprint density at radius 1 is 1.27 bits per heavy atom. The van der Waals surface area contributed by atoms with Crippen LogP contribution < -0.4 is 20.9 Å². The van der Waals surface area contributed by atoms with E-state index in [1.54, 1.807) is 12.1 Å². The summed E-state index contributed by atoms with van der Waals surface area (Å²) in [6.45, 7) is 0. The number of nitro benzene ring substituents is 1. The van der Waals surface area contributed by atoms with Crippen LogP contribution in [0.25, 0.3) is 5.69 Å². The van der Waals surface area contributed by atoms with Crippen molar-refractivity contribution in [3.8, 4) is 11.4 Å². The molecule has 0 saturated heterocycles. The fraction of sp³-hybridized carbons (Fsp3) is 0.0588. The maximum Gasteiger partial charge on any atom is 0.270 e. The molecular formula is C17H16N6O6S. The molecule has 30 heavy (non-hydrogen) atoms. The van der Waals surface area contributed by atoms with Crippen LogP contribution in [-0.4, -0.2) is 36.1 Å². The molecule has 2 aromatic carbocycles. The first-order valence-electron chi connectivity index (χ1n) is 8.23. The molecule has 0 aliphatic carbocycles. The lowest BCUT2D eigenvalue weighted by atomic mass is 10.2. The number of methoxy groups -OCH3 is 1. The number of hydrogen-bond acceptors (Lipinski definition) is 8. The third-order valence-electron chi connectivity index (χ3n) is 4.10. The molecule has 0 spiro atoms. The number of nitrogens with two attached hydrogens (primary N) is 2. The summed E-state index contributed by atoms with van der Waals surface area (Å²) >= 11 is 0. The number of carbonyl (C=O) groups excluding carboxylic acids is 1. The first-order valence-corrected chi connectivity index (χ1v) is 9.72. The number of primary amides is 1. The molecule has 0 aliphatic rings. The van der Waals surface area contributed by atoms with Gasteiger partial charge in [-0.25, -0.2) is 13.1 Å². The smallest absolute Gasteiger partial charge is 0.270 e. The molecule has 0 radical (unpaired) electrons. The molecule has 3 rings (SSSR count).